The highest BCUT2D eigenvalue weighted by Crippen LogP contribution is 2.21. The molecule has 0 bridgehead atoms. The van der Waals surface area contributed by atoms with Crippen LogP contribution in [0.1, 0.15) is 33.6 Å². The molecule has 24 heavy (non-hydrogen) atoms. The third-order valence-electron chi connectivity index (χ3n) is 4.25. The standard InChI is InChI=1S/C19H20N2O3/c22-17-12-15(20-18(23)13-7-3-1-4-8-13)11-16(17)21-19(24)14-9-5-2-6-10-14/h1-10,15-17,22H,11-12H2,(H,20,23)(H,21,24)/t15-,16+,17+/m0/s1. The van der Waals surface area contributed by atoms with Crippen LogP contribution in [0.25, 0.3) is 0 Å². The Morgan fingerprint density at radius 1 is 0.792 bits per heavy atom. The van der Waals surface area contributed by atoms with Crippen molar-refractivity contribution in [2.75, 3.05) is 0 Å². The van der Waals surface area contributed by atoms with Crippen LogP contribution < -0.4 is 10.6 Å². The SMILES string of the molecule is O=C(N[C@@H]1C[C@@H](O)[C@H](NC(=O)c2ccccc2)C1)c1ccccc1. The van der Waals surface area contributed by atoms with E-state index in [0.29, 0.717) is 24.0 Å². The van der Waals surface area contributed by atoms with Crippen molar-refractivity contribution in [3.05, 3.63) is 71.8 Å². The summed E-state index contributed by atoms with van der Waals surface area (Å²) in [5.74, 6) is -0.377. The predicted octanol–water partition coefficient (Wildman–Crippen LogP) is 1.74. The van der Waals surface area contributed by atoms with Crippen LogP contribution in [-0.4, -0.2) is 35.1 Å². The van der Waals surface area contributed by atoms with Gasteiger partial charge in [-0.2, -0.15) is 0 Å². The van der Waals surface area contributed by atoms with Crippen LogP contribution in [0.5, 0.6) is 0 Å². The number of rotatable bonds is 4. The van der Waals surface area contributed by atoms with E-state index in [9.17, 15) is 14.7 Å². The number of hydrogen-bond acceptors (Lipinski definition) is 3. The fraction of sp³-hybridized carbons (Fsp3) is 0.263. The molecule has 0 spiro atoms. The number of carbonyl (C=O) groups is 2. The second-order valence-corrected chi connectivity index (χ2v) is 6.02. The number of aliphatic hydroxyl groups is 1. The zero-order valence-electron chi connectivity index (χ0n) is 13.2. The van der Waals surface area contributed by atoms with Crippen LogP contribution >= 0.6 is 0 Å². The average Bonchev–Trinajstić information content (AvgIpc) is 2.95. The Bertz CT molecular complexity index is 703. The summed E-state index contributed by atoms with van der Waals surface area (Å²) in [7, 11) is 0. The minimum absolute atomic E-state index is 0.159. The normalized spacial score (nSPS) is 22.8. The quantitative estimate of drug-likeness (QED) is 0.801. The van der Waals surface area contributed by atoms with E-state index in [1.165, 1.54) is 0 Å². The lowest BCUT2D eigenvalue weighted by molar-refractivity contribution is 0.0870. The zero-order valence-corrected chi connectivity index (χ0v) is 13.2. The lowest BCUT2D eigenvalue weighted by Crippen LogP contribution is -2.40. The van der Waals surface area contributed by atoms with E-state index in [2.05, 4.69) is 10.6 Å². The van der Waals surface area contributed by atoms with E-state index in [1.54, 1.807) is 48.5 Å². The molecule has 2 amide bonds. The van der Waals surface area contributed by atoms with Gasteiger partial charge >= 0.3 is 0 Å². The van der Waals surface area contributed by atoms with Crippen molar-refractivity contribution in [2.24, 2.45) is 0 Å². The predicted molar refractivity (Wildman–Crippen MR) is 90.6 cm³/mol. The van der Waals surface area contributed by atoms with Gasteiger partial charge in [0.2, 0.25) is 0 Å². The second kappa shape index (κ2) is 7.27. The van der Waals surface area contributed by atoms with E-state index < -0.39 is 6.10 Å². The van der Waals surface area contributed by atoms with Crippen molar-refractivity contribution in [3.63, 3.8) is 0 Å². The Kier molecular flexibility index (Phi) is 4.91. The highest BCUT2D eigenvalue weighted by Gasteiger charge is 2.34. The molecule has 3 atom stereocenters. The minimum atomic E-state index is -0.668. The van der Waals surface area contributed by atoms with Crippen LogP contribution in [-0.2, 0) is 0 Å². The molecule has 2 aromatic carbocycles. The van der Waals surface area contributed by atoms with Gasteiger partial charge in [-0.05, 0) is 37.1 Å². The van der Waals surface area contributed by atoms with Gasteiger partial charge in [0.25, 0.3) is 11.8 Å². The summed E-state index contributed by atoms with van der Waals surface area (Å²) in [5.41, 5.74) is 1.14. The van der Waals surface area contributed by atoms with Crippen molar-refractivity contribution in [2.45, 2.75) is 31.0 Å². The molecule has 2 aromatic rings. The molecular formula is C19H20N2O3. The van der Waals surface area contributed by atoms with E-state index in [4.69, 9.17) is 0 Å². The zero-order chi connectivity index (χ0) is 16.9. The van der Waals surface area contributed by atoms with E-state index in [-0.39, 0.29) is 23.9 Å². The van der Waals surface area contributed by atoms with Gasteiger partial charge in [-0.1, -0.05) is 36.4 Å². The van der Waals surface area contributed by atoms with E-state index in [0.717, 1.165) is 0 Å². The largest absolute Gasteiger partial charge is 0.391 e. The van der Waals surface area contributed by atoms with Gasteiger partial charge in [0.1, 0.15) is 0 Å². The number of aliphatic hydroxyl groups excluding tert-OH is 1. The fourth-order valence-corrected chi connectivity index (χ4v) is 2.99. The molecule has 124 valence electrons. The van der Waals surface area contributed by atoms with Crippen LogP contribution in [0.2, 0.25) is 0 Å². The van der Waals surface area contributed by atoms with Gasteiger partial charge in [-0.25, -0.2) is 0 Å². The molecule has 5 heteroatoms. The summed E-state index contributed by atoms with van der Waals surface area (Å²) >= 11 is 0. The molecule has 3 N–H and O–H groups in total. The van der Waals surface area contributed by atoms with Gasteiger partial charge < -0.3 is 15.7 Å². The molecule has 0 aliphatic heterocycles. The maximum absolute atomic E-state index is 12.2. The number of hydrogen-bond donors (Lipinski definition) is 3. The van der Waals surface area contributed by atoms with Gasteiger partial charge in [-0.3, -0.25) is 9.59 Å². The molecule has 0 saturated heterocycles. The number of carbonyl (C=O) groups excluding carboxylic acids is 2. The first kappa shape index (κ1) is 16.2. The summed E-state index contributed by atoms with van der Waals surface area (Å²) in [6.07, 6.45) is 0.273. The maximum Gasteiger partial charge on any atom is 0.251 e. The summed E-state index contributed by atoms with van der Waals surface area (Å²) in [6.45, 7) is 0. The number of benzene rings is 2. The van der Waals surface area contributed by atoms with E-state index in [1.807, 2.05) is 12.1 Å². The molecule has 0 unspecified atom stereocenters. The molecule has 0 aromatic heterocycles. The first-order valence-corrected chi connectivity index (χ1v) is 8.03. The molecule has 1 aliphatic rings. The summed E-state index contributed by atoms with van der Waals surface area (Å²) in [4.78, 5) is 24.4. The Labute approximate surface area is 140 Å². The van der Waals surface area contributed by atoms with Gasteiger partial charge in [0.05, 0.1) is 12.1 Å². The molecule has 1 saturated carbocycles. The molecule has 1 fully saturated rings. The monoisotopic (exact) mass is 324 g/mol. The van der Waals surface area contributed by atoms with Gasteiger partial charge in [0, 0.05) is 17.2 Å². The van der Waals surface area contributed by atoms with Crippen molar-refractivity contribution >= 4 is 11.8 Å². The maximum atomic E-state index is 12.2. The third-order valence-corrected chi connectivity index (χ3v) is 4.25. The van der Waals surface area contributed by atoms with Crippen molar-refractivity contribution in [1.29, 1.82) is 0 Å². The lowest BCUT2D eigenvalue weighted by atomic mass is 10.1. The Morgan fingerprint density at radius 3 is 1.83 bits per heavy atom. The van der Waals surface area contributed by atoms with Gasteiger partial charge in [0.15, 0.2) is 0 Å². The topological polar surface area (TPSA) is 78.4 Å². The molecule has 5 nitrogen and oxygen atoms in total. The first-order valence-electron chi connectivity index (χ1n) is 8.03. The fourth-order valence-electron chi connectivity index (χ4n) is 2.99. The van der Waals surface area contributed by atoms with Gasteiger partial charge in [-0.15, -0.1) is 0 Å². The van der Waals surface area contributed by atoms with Crippen LogP contribution in [0, 0.1) is 0 Å². The Morgan fingerprint density at radius 2 is 1.29 bits per heavy atom. The molecular weight excluding hydrogens is 304 g/mol. The van der Waals surface area contributed by atoms with Crippen molar-refractivity contribution in [1.82, 2.24) is 10.6 Å². The summed E-state index contributed by atoms with van der Waals surface area (Å²) < 4.78 is 0. The summed E-state index contributed by atoms with van der Waals surface area (Å²) in [5, 5.41) is 15.9. The Balaban J connectivity index is 1.57. The smallest absolute Gasteiger partial charge is 0.251 e. The minimum Gasteiger partial charge on any atom is -0.391 e. The lowest BCUT2D eigenvalue weighted by Gasteiger charge is -2.16. The molecule has 0 radical (unpaired) electrons. The van der Waals surface area contributed by atoms with Crippen LogP contribution in [0.15, 0.2) is 60.7 Å². The number of amides is 2. The highest BCUT2D eigenvalue weighted by molar-refractivity contribution is 5.95. The average molecular weight is 324 g/mol. The third kappa shape index (κ3) is 3.81. The highest BCUT2D eigenvalue weighted by atomic mass is 16.3. The van der Waals surface area contributed by atoms with Crippen LogP contribution in [0.4, 0.5) is 0 Å². The second-order valence-electron chi connectivity index (χ2n) is 6.02. The van der Waals surface area contributed by atoms with E-state index >= 15 is 0 Å². The first-order chi connectivity index (χ1) is 11.6. The van der Waals surface area contributed by atoms with Crippen molar-refractivity contribution in [3.8, 4) is 0 Å². The molecule has 3 rings (SSSR count). The Hall–Kier alpha value is -2.66. The molecule has 1 aliphatic carbocycles. The van der Waals surface area contributed by atoms with Crippen LogP contribution in [0.3, 0.4) is 0 Å². The van der Waals surface area contributed by atoms with Crippen molar-refractivity contribution < 1.29 is 14.7 Å². The number of nitrogens with one attached hydrogen (secondary N) is 2. The molecule has 0 heterocycles. The summed E-state index contributed by atoms with van der Waals surface area (Å²) in [6, 6.07) is 17.3.